The first kappa shape index (κ1) is 12.8. The minimum absolute atomic E-state index is 0.300. The third-order valence-electron chi connectivity index (χ3n) is 2.90. The minimum Gasteiger partial charge on any atom is -0.271 e. The van der Waals surface area contributed by atoms with Crippen LogP contribution in [0.4, 0.5) is 0 Å². The van der Waals surface area contributed by atoms with Crippen molar-refractivity contribution in [2.75, 3.05) is 11.5 Å². The molecule has 3 N–H and O–H groups in total. The number of thiophene rings is 1. The molecular weight excluding hydrogens is 256 g/mol. The van der Waals surface area contributed by atoms with Gasteiger partial charge in [-0.2, -0.15) is 34.9 Å². The third kappa shape index (κ3) is 2.76. The van der Waals surface area contributed by atoms with Crippen LogP contribution in [0.1, 0.15) is 24.9 Å². The Kier molecular flexibility index (Phi) is 5.03. The van der Waals surface area contributed by atoms with E-state index in [1.54, 1.807) is 11.3 Å². The second-order valence-electron chi connectivity index (χ2n) is 3.85. The van der Waals surface area contributed by atoms with E-state index in [9.17, 15) is 0 Å². The van der Waals surface area contributed by atoms with Gasteiger partial charge in [-0.05, 0) is 28.8 Å². The summed E-state index contributed by atoms with van der Waals surface area (Å²) in [5, 5.41) is 5.65. The van der Waals surface area contributed by atoms with E-state index < -0.39 is 0 Å². The number of rotatable bonds is 4. The summed E-state index contributed by atoms with van der Waals surface area (Å²) in [6, 6.07) is 2.48. The number of hydrazine groups is 1. The summed E-state index contributed by atoms with van der Waals surface area (Å²) >= 11 is 5.91. The lowest BCUT2D eigenvalue weighted by molar-refractivity contribution is 0.515. The van der Waals surface area contributed by atoms with Crippen molar-refractivity contribution < 1.29 is 0 Å². The Morgan fingerprint density at radius 2 is 2.31 bits per heavy atom. The maximum atomic E-state index is 5.74. The van der Waals surface area contributed by atoms with Gasteiger partial charge in [-0.15, -0.1) is 0 Å². The molecule has 3 atom stereocenters. The summed E-state index contributed by atoms with van der Waals surface area (Å²) in [4.78, 5) is 0. The molecule has 0 aliphatic carbocycles. The fraction of sp³-hybridized carbons (Fsp3) is 0.636. The second-order valence-corrected chi connectivity index (χ2v) is 7.27. The Morgan fingerprint density at radius 1 is 1.50 bits per heavy atom. The molecule has 0 saturated carbocycles. The summed E-state index contributed by atoms with van der Waals surface area (Å²) in [5.74, 6) is 8.27. The number of hydrogen-bond acceptors (Lipinski definition) is 5. The van der Waals surface area contributed by atoms with Gasteiger partial charge < -0.3 is 0 Å². The predicted molar refractivity (Wildman–Crippen MR) is 77.2 cm³/mol. The van der Waals surface area contributed by atoms with Gasteiger partial charge in [0, 0.05) is 22.0 Å². The molecule has 1 aliphatic rings. The highest BCUT2D eigenvalue weighted by Crippen LogP contribution is 2.40. The molecule has 1 saturated heterocycles. The molecule has 3 unspecified atom stereocenters. The molecule has 0 aromatic carbocycles. The lowest BCUT2D eigenvalue weighted by Crippen LogP contribution is -2.41. The van der Waals surface area contributed by atoms with Gasteiger partial charge in [-0.3, -0.25) is 11.3 Å². The van der Waals surface area contributed by atoms with E-state index in [0.717, 1.165) is 5.25 Å². The van der Waals surface area contributed by atoms with Crippen molar-refractivity contribution in [2.24, 2.45) is 5.84 Å². The molecule has 2 heterocycles. The molecule has 16 heavy (non-hydrogen) atoms. The quantitative estimate of drug-likeness (QED) is 0.654. The Bertz CT molecular complexity index is 302. The molecule has 0 radical (unpaired) electrons. The molecule has 2 rings (SSSR count). The SMILES string of the molecule is CCC1SCCSC1C(NN)c1ccsc1. The summed E-state index contributed by atoms with van der Waals surface area (Å²) in [6.45, 7) is 2.28. The molecule has 1 aliphatic heterocycles. The smallest absolute Gasteiger partial charge is 0.0597 e. The Hall–Kier alpha value is 0.320. The van der Waals surface area contributed by atoms with Crippen molar-refractivity contribution in [1.29, 1.82) is 0 Å². The Labute approximate surface area is 110 Å². The number of nitrogens with one attached hydrogen (secondary N) is 1. The molecule has 1 aromatic heterocycles. The van der Waals surface area contributed by atoms with Crippen molar-refractivity contribution >= 4 is 34.9 Å². The van der Waals surface area contributed by atoms with E-state index in [-0.39, 0.29) is 0 Å². The van der Waals surface area contributed by atoms with E-state index in [4.69, 9.17) is 5.84 Å². The first-order valence-corrected chi connectivity index (χ1v) is 8.62. The molecular formula is C11H18N2S3. The lowest BCUT2D eigenvalue weighted by Gasteiger charge is -2.35. The van der Waals surface area contributed by atoms with Crippen LogP contribution in [0.25, 0.3) is 0 Å². The van der Waals surface area contributed by atoms with Crippen LogP contribution in [-0.4, -0.2) is 22.0 Å². The first-order chi connectivity index (χ1) is 7.86. The summed E-state index contributed by atoms with van der Waals surface area (Å²) in [5.41, 5.74) is 4.35. The highest BCUT2D eigenvalue weighted by Gasteiger charge is 2.32. The number of nitrogens with two attached hydrogens (primary N) is 1. The van der Waals surface area contributed by atoms with Crippen molar-refractivity contribution in [3.63, 3.8) is 0 Å². The molecule has 0 bridgehead atoms. The van der Waals surface area contributed by atoms with Crippen molar-refractivity contribution in [2.45, 2.75) is 29.9 Å². The normalized spacial score (nSPS) is 27.9. The zero-order valence-corrected chi connectivity index (χ0v) is 11.8. The highest BCUT2D eigenvalue weighted by atomic mass is 32.2. The minimum atomic E-state index is 0.300. The Balaban J connectivity index is 2.13. The van der Waals surface area contributed by atoms with Crippen LogP contribution in [0.15, 0.2) is 16.8 Å². The highest BCUT2D eigenvalue weighted by molar-refractivity contribution is 8.07. The van der Waals surface area contributed by atoms with Crippen LogP contribution in [0.2, 0.25) is 0 Å². The van der Waals surface area contributed by atoms with Gasteiger partial charge in [0.15, 0.2) is 0 Å². The second kappa shape index (κ2) is 6.31. The topological polar surface area (TPSA) is 38.0 Å². The molecule has 1 aromatic rings. The van der Waals surface area contributed by atoms with Crippen LogP contribution in [0, 0.1) is 0 Å². The van der Waals surface area contributed by atoms with Gasteiger partial charge in [0.1, 0.15) is 0 Å². The van der Waals surface area contributed by atoms with E-state index in [1.165, 1.54) is 23.5 Å². The zero-order chi connectivity index (χ0) is 11.4. The van der Waals surface area contributed by atoms with Gasteiger partial charge in [-0.1, -0.05) is 6.92 Å². The van der Waals surface area contributed by atoms with Crippen LogP contribution in [0.3, 0.4) is 0 Å². The molecule has 0 spiro atoms. The van der Waals surface area contributed by atoms with Crippen LogP contribution < -0.4 is 11.3 Å². The standard InChI is InChI=1S/C11H18N2S3/c1-2-9-11(16-6-5-15-9)10(13-12)8-3-4-14-7-8/h3-4,7,9-11,13H,2,5-6,12H2,1H3. The van der Waals surface area contributed by atoms with Gasteiger partial charge in [0.25, 0.3) is 0 Å². The average Bonchev–Trinajstić information content (AvgIpc) is 2.84. The fourth-order valence-corrected chi connectivity index (χ4v) is 6.01. The zero-order valence-electron chi connectivity index (χ0n) is 9.39. The molecule has 5 heteroatoms. The summed E-state index contributed by atoms with van der Waals surface area (Å²) in [6.07, 6.45) is 1.23. The van der Waals surface area contributed by atoms with Crippen molar-refractivity contribution in [3.05, 3.63) is 22.4 Å². The van der Waals surface area contributed by atoms with Gasteiger partial charge >= 0.3 is 0 Å². The maximum Gasteiger partial charge on any atom is 0.0597 e. The van der Waals surface area contributed by atoms with Crippen LogP contribution >= 0.6 is 34.9 Å². The van der Waals surface area contributed by atoms with Gasteiger partial charge in [-0.25, -0.2) is 0 Å². The van der Waals surface area contributed by atoms with Gasteiger partial charge in [0.05, 0.1) is 6.04 Å². The van der Waals surface area contributed by atoms with Crippen LogP contribution in [0.5, 0.6) is 0 Å². The van der Waals surface area contributed by atoms with Crippen LogP contribution in [-0.2, 0) is 0 Å². The molecule has 1 fully saturated rings. The first-order valence-electron chi connectivity index (χ1n) is 5.58. The third-order valence-corrected chi connectivity index (χ3v) is 6.96. The number of thioether (sulfide) groups is 2. The van der Waals surface area contributed by atoms with E-state index in [1.807, 2.05) is 0 Å². The average molecular weight is 274 g/mol. The predicted octanol–water partition coefficient (Wildman–Crippen LogP) is 2.88. The molecule has 2 nitrogen and oxygen atoms in total. The Morgan fingerprint density at radius 3 is 2.94 bits per heavy atom. The number of hydrogen-bond donors (Lipinski definition) is 2. The monoisotopic (exact) mass is 274 g/mol. The summed E-state index contributed by atoms with van der Waals surface area (Å²) < 4.78 is 0. The lowest BCUT2D eigenvalue weighted by atomic mass is 10.0. The van der Waals surface area contributed by atoms with E-state index in [0.29, 0.717) is 11.3 Å². The maximum absolute atomic E-state index is 5.74. The van der Waals surface area contributed by atoms with E-state index >= 15 is 0 Å². The molecule has 90 valence electrons. The fourth-order valence-electron chi connectivity index (χ4n) is 2.08. The molecule has 0 amide bonds. The van der Waals surface area contributed by atoms with Gasteiger partial charge in [0.2, 0.25) is 0 Å². The summed E-state index contributed by atoms with van der Waals surface area (Å²) in [7, 11) is 0. The van der Waals surface area contributed by atoms with E-state index in [2.05, 4.69) is 52.7 Å². The van der Waals surface area contributed by atoms with Crippen molar-refractivity contribution in [3.8, 4) is 0 Å². The van der Waals surface area contributed by atoms with Crippen molar-refractivity contribution in [1.82, 2.24) is 5.43 Å². The largest absolute Gasteiger partial charge is 0.271 e.